The van der Waals surface area contributed by atoms with Gasteiger partial charge in [-0.15, -0.1) is 0 Å². The summed E-state index contributed by atoms with van der Waals surface area (Å²) in [6.45, 7) is 1.55. The predicted octanol–water partition coefficient (Wildman–Crippen LogP) is 0.491. The molecule has 0 aliphatic heterocycles. The number of rotatable bonds is 2. The molecule has 0 bridgehead atoms. The van der Waals surface area contributed by atoms with Gasteiger partial charge < -0.3 is 21.1 Å². The Bertz CT molecular complexity index is 352. The topological polar surface area (TPSA) is 104 Å². The maximum atomic E-state index is 10.5. The van der Waals surface area contributed by atoms with Gasteiger partial charge in [0.05, 0.1) is 0 Å². The lowest BCUT2D eigenvalue weighted by Gasteiger charge is -2.09. The van der Waals surface area contributed by atoms with Crippen LogP contribution in [0.2, 0.25) is 0 Å². The molecule has 0 radical (unpaired) electrons. The van der Waals surface area contributed by atoms with E-state index in [9.17, 15) is 15.0 Å². The second-order valence-corrected chi connectivity index (χ2v) is 3.02. The van der Waals surface area contributed by atoms with E-state index in [-0.39, 0.29) is 17.1 Å². The maximum Gasteiger partial charge on any atom is 0.325 e. The van der Waals surface area contributed by atoms with Gasteiger partial charge in [0, 0.05) is 0 Å². The van der Waals surface area contributed by atoms with Gasteiger partial charge in [0.25, 0.3) is 0 Å². The molecule has 1 aromatic rings. The molecule has 0 saturated heterocycles. The largest absolute Gasteiger partial charge is 0.504 e. The van der Waals surface area contributed by atoms with Crippen molar-refractivity contribution in [2.75, 3.05) is 0 Å². The monoisotopic (exact) mass is 197 g/mol. The van der Waals surface area contributed by atoms with E-state index in [1.165, 1.54) is 6.07 Å². The zero-order valence-corrected chi connectivity index (χ0v) is 7.56. The van der Waals surface area contributed by atoms with Crippen LogP contribution in [0.5, 0.6) is 11.5 Å². The number of carboxylic acids is 1. The lowest BCUT2D eigenvalue weighted by atomic mass is 10.0. The summed E-state index contributed by atoms with van der Waals surface area (Å²) in [4.78, 5) is 10.5. The van der Waals surface area contributed by atoms with Crippen LogP contribution in [0.3, 0.4) is 0 Å². The van der Waals surface area contributed by atoms with Crippen LogP contribution in [0.25, 0.3) is 0 Å². The normalized spacial score (nSPS) is 12.4. The minimum atomic E-state index is -1.19. The van der Waals surface area contributed by atoms with Gasteiger partial charge in [0.1, 0.15) is 6.04 Å². The highest BCUT2D eigenvalue weighted by molar-refractivity contribution is 5.75. The summed E-state index contributed by atoms with van der Waals surface area (Å²) in [5, 5.41) is 27.0. The van der Waals surface area contributed by atoms with Crippen molar-refractivity contribution in [1.82, 2.24) is 0 Å². The average Bonchev–Trinajstić information content (AvgIpc) is 2.12. The minimum Gasteiger partial charge on any atom is -0.504 e. The first-order valence-corrected chi connectivity index (χ1v) is 3.94. The molecule has 14 heavy (non-hydrogen) atoms. The third kappa shape index (κ3) is 1.77. The van der Waals surface area contributed by atoms with Gasteiger partial charge in [-0.05, 0) is 30.2 Å². The summed E-state index contributed by atoms with van der Waals surface area (Å²) < 4.78 is 0. The zero-order valence-electron chi connectivity index (χ0n) is 7.56. The van der Waals surface area contributed by atoms with Crippen molar-refractivity contribution in [2.45, 2.75) is 13.0 Å². The Labute approximate surface area is 80.4 Å². The highest BCUT2D eigenvalue weighted by atomic mass is 16.4. The second-order valence-electron chi connectivity index (χ2n) is 3.02. The molecule has 0 amide bonds. The third-order valence-electron chi connectivity index (χ3n) is 1.93. The smallest absolute Gasteiger partial charge is 0.325 e. The first-order chi connectivity index (χ1) is 6.43. The van der Waals surface area contributed by atoms with E-state index in [1.54, 1.807) is 6.92 Å². The van der Waals surface area contributed by atoms with Crippen LogP contribution in [0, 0.1) is 6.92 Å². The number of benzene rings is 1. The van der Waals surface area contributed by atoms with E-state index < -0.39 is 12.0 Å². The molecule has 0 aliphatic rings. The number of aryl methyl sites for hydroxylation is 1. The molecule has 0 fully saturated rings. The summed E-state index contributed by atoms with van der Waals surface area (Å²) in [5.74, 6) is -1.81. The average molecular weight is 197 g/mol. The van der Waals surface area contributed by atoms with Crippen molar-refractivity contribution < 1.29 is 20.1 Å². The molecule has 0 aliphatic carbocycles. The Balaban J connectivity index is 3.19. The van der Waals surface area contributed by atoms with Crippen LogP contribution in [0.1, 0.15) is 17.2 Å². The van der Waals surface area contributed by atoms with Crippen molar-refractivity contribution in [2.24, 2.45) is 5.73 Å². The van der Waals surface area contributed by atoms with Crippen molar-refractivity contribution in [3.8, 4) is 11.5 Å². The van der Waals surface area contributed by atoms with Crippen LogP contribution in [0.4, 0.5) is 0 Å². The number of phenols is 2. The Kier molecular flexibility index (Phi) is 2.62. The molecular weight excluding hydrogens is 186 g/mol. The molecule has 1 atom stereocenters. The standard InChI is InChI=1S/C9H11NO4/c1-4-2-5(7(10)9(13)14)3-6(11)8(4)12/h2-3,7,11-12H,10H2,1H3,(H,13,14). The molecular formula is C9H11NO4. The molecule has 0 heterocycles. The van der Waals surface area contributed by atoms with Gasteiger partial charge >= 0.3 is 5.97 Å². The van der Waals surface area contributed by atoms with Crippen molar-refractivity contribution in [1.29, 1.82) is 0 Å². The number of carboxylic acid groups (broad SMARTS) is 1. The Morgan fingerprint density at radius 2 is 2.00 bits per heavy atom. The first-order valence-electron chi connectivity index (χ1n) is 3.94. The Hall–Kier alpha value is -1.75. The van der Waals surface area contributed by atoms with Crippen LogP contribution in [-0.4, -0.2) is 21.3 Å². The number of carbonyl (C=O) groups is 1. The summed E-state index contributed by atoms with van der Waals surface area (Å²) in [7, 11) is 0. The van der Waals surface area contributed by atoms with Gasteiger partial charge in [0.15, 0.2) is 11.5 Å². The first kappa shape index (κ1) is 10.3. The van der Waals surface area contributed by atoms with Gasteiger partial charge in [-0.25, -0.2) is 0 Å². The second kappa shape index (κ2) is 3.55. The quantitative estimate of drug-likeness (QED) is 0.516. The highest BCUT2D eigenvalue weighted by Crippen LogP contribution is 2.31. The number of hydrogen-bond acceptors (Lipinski definition) is 4. The van der Waals surface area contributed by atoms with E-state index in [0.717, 1.165) is 6.07 Å². The number of aliphatic carboxylic acids is 1. The predicted molar refractivity (Wildman–Crippen MR) is 49.1 cm³/mol. The Morgan fingerprint density at radius 3 is 2.43 bits per heavy atom. The van der Waals surface area contributed by atoms with Gasteiger partial charge in [-0.3, -0.25) is 4.79 Å². The number of phenolic OH excluding ortho intramolecular Hbond substituents is 2. The van der Waals surface area contributed by atoms with Crippen molar-refractivity contribution in [3.05, 3.63) is 23.3 Å². The molecule has 76 valence electrons. The van der Waals surface area contributed by atoms with E-state index in [1.807, 2.05) is 0 Å². The molecule has 5 nitrogen and oxygen atoms in total. The van der Waals surface area contributed by atoms with E-state index in [4.69, 9.17) is 10.8 Å². The van der Waals surface area contributed by atoms with Gasteiger partial charge in [0.2, 0.25) is 0 Å². The maximum absolute atomic E-state index is 10.5. The van der Waals surface area contributed by atoms with Crippen LogP contribution in [0.15, 0.2) is 12.1 Å². The number of nitrogens with two attached hydrogens (primary N) is 1. The van der Waals surface area contributed by atoms with E-state index >= 15 is 0 Å². The van der Waals surface area contributed by atoms with Crippen molar-refractivity contribution in [3.63, 3.8) is 0 Å². The summed E-state index contributed by atoms with van der Waals surface area (Å²) in [6.07, 6.45) is 0. The Morgan fingerprint density at radius 1 is 1.43 bits per heavy atom. The molecule has 1 rings (SSSR count). The van der Waals surface area contributed by atoms with Gasteiger partial charge in [-0.2, -0.15) is 0 Å². The molecule has 1 unspecified atom stereocenters. The van der Waals surface area contributed by atoms with E-state index in [2.05, 4.69) is 0 Å². The fourth-order valence-electron chi connectivity index (χ4n) is 1.11. The number of hydrogen-bond donors (Lipinski definition) is 4. The molecule has 0 aromatic heterocycles. The summed E-state index contributed by atoms with van der Waals surface area (Å²) in [5.41, 5.74) is 5.97. The van der Waals surface area contributed by atoms with Crippen LogP contribution >= 0.6 is 0 Å². The highest BCUT2D eigenvalue weighted by Gasteiger charge is 2.17. The SMILES string of the molecule is Cc1cc(C(N)C(=O)O)cc(O)c1O. The van der Waals surface area contributed by atoms with E-state index in [0.29, 0.717) is 5.56 Å². The lowest BCUT2D eigenvalue weighted by Crippen LogP contribution is -2.20. The molecule has 5 N–H and O–H groups in total. The lowest BCUT2D eigenvalue weighted by molar-refractivity contribution is -0.138. The molecule has 5 heteroatoms. The summed E-state index contributed by atoms with van der Waals surface area (Å²) in [6, 6.07) is 1.37. The molecule has 1 aromatic carbocycles. The van der Waals surface area contributed by atoms with Crippen LogP contribution in [-0.2, 0) is 4.79 Å². The fraction of sp³-hybridized carbons (Fsp3) is 0.222. The minimum absolute atomic E-state index is 0.255. The third-order valence-corrected chi connectivity index (χ3v) is 1.93. The molecule has 0 saturated carbocycles. The van der Waals surface area contributed by atoms with Crippen molar-refractivity contribution >= 4 is 5.97 Å². The number of aromatic hydroxyl groups is 2. The summed E-state index contributed by atoms with van der Waals surface area (Å²) >= 11 is 0. The zero-order chi connectivity index (χ0) is 10.9. The molecule has 0 spiro atoms. The fourth-order valence-corrected chi connectivity index (χ4v) is 1.11. The van der Waals surface area contributed by atoms with Gasteiger partial charge in [-0.1, -0.05) is 0 Å². The van der Waals surface area contributed by atoms with Crippen LogP contribution < -0.4 is 5.73 Å².